The average Bonchev–Trinajstić information content (AvgIpc) is 3.20. The molecule has 3 aliphatic rings. The first-order chi connectivity index (χ1) is 12.9. The molecule has 0 radical (unpaired) electrons. The number of sulfone groups is 1. The van der Waals surface area contributed by atoms with E-state index in [0.29, 0.717) is 30.4 Å². The van der Waals surface area contributed by atoms with Crippen LogP contribution in [0.15, 0.2) is 11.2 Å². The lowest BCUT2D eigenvalue weighted by Crippen LogP contribution is -2.46. The molecule has 7 nitrogen and oxygen atoms in total. The normalized spacial score (nSPS) is 27.6. The maximum Gasteiger partial charge on any atom is 0.191 e. The third-order valence-electron chi connectivity index (χ3n) is 5.72. The van der Waals surface area contributed by atoms with E-state index in [0.717, 1.165) is 31.6 Å². The summed E-state index contributed by atoms with van der Waals surface area (Å²) in [6.45, 7) is 4.89. The van der Waals surface area contributed by atoms with Crippen molar-refractivity contribution in [1.82, 2.24) is 20.4 Å². The molecule has 1 aromatic rings. The van der Waals surface area contributed by atoms with E-state index in [-0.39, 0.29) is 11.7 Å². The van der Waals surface area contributed by atoms with E-state index >= 15 is 0 Å². The van der Waals surface area contributed by atoms with Crippen molar-refractivity contribution in [1.29, 1.82) is 0 Å². The Bertz CT molecular complexity index is 810. The molecule has 0 spiro atoms. The summed E-state index contributed by atoms with van der Waals surface area (Å²) in [5.41, 5.74) is 2.56. The molecule has 0 amide bonds. The first kappa shape index (κ1) is 18.8. The fourth-order valence-corrected chi connectivity index (χ4v) is 5.73. The molecule has 8 heteroatoms. The van der Waals surface area contributed by atoms with Gasteiger partial charge in [-0.1, -0.05) is 0 Å². The second-order valence-electron chi connectivity index (χ2n) is 8.64. The number of nitrogens with one attached hydrogen (secondary N) is 2. The number of aliphatic imine (C=N–C) groups is 1. The molecule has 1 aromatic heterocycles. The molecule has 2 fully saturated rings. The molecule has 1 saturated heterocycles. The van der Waals surface area contributed by atoms with Crippen molar-refractivity contribution in [3.8, 4) is 0 Å². The summed E-state index contributed by atoms with van der Waals surface area (Å²) in [6, 6.07) is 1.23. The first-order valence-corrected chi connectivity index (χ1v) is 12.0. The zero-order valence-electron chi connectivity index (χ0n) is 16.3. The zero-order valence-corrected chi connectivity index (χ0v) is 17.1. The Kier molecular flexibility index (Phi) is 5.18. The van der Waals surface area contributed by atoms with Gasteiger partial charge in [-0.15, -0.1) is 0 Å². The Hall–Kier alpha value is -1.57. The molecular weight excluding hydrogens is 362 g/mol. The van der Waals surface area contributed by atoms with Crippen molar-refractivity contribution < 1.29 is 8.42 Å². The van der Waals surface area contributed by atoms with E-state index in [1.165, 1.54) is 24.1 Å². The van der Waals surface area contributed by atoms with Gasteiger partial charge in [-0.25, -0.2) is 8.42 Å². The highest BCUT2D eigenvalue weighted by atomic mass is 32.2. The second-order valence-corrected chi connectivity index (χ2v) is 10.9. The lowest BCUT2D eigenvalue weighted by Gasteiger charge is -2.25. The fraction of sp³-hybridized carbons (Fsp3) is 0.789. The van der Waals surface area contributed by atoms with Gasteiger partial charge in [0.15, 0.2) is 15.8 Å². The number of hydrogen-bond donors (Lipinski definition) is 2. The SMILES string of the molecule is CC(C)n1cc2c(n1)CC(NC(=NCC1CCS(=O)(=O)C1)NC1CC1)CC2. The van der Waals surface area contributed by atoms with Gasteiger partial charge in [0.1, 0.15) is 0 Å². The highest BCUT2D eigenvalue weighted by molar-refractivity contribution is 7.91. The van der Waals surface area contributed by atoms with Gasteiger partial charge in [0.25, 0.3) is 0 Å². The molecule has 2 heterocycles. The van der Waals surface area contributed by atoms with E-state index in [4.69, 9.17) is 10.1 Å². The van der Waals surface area contributed by atoms with Crippen molar-refractivity contribution >= 4 is 15.8 Å². The summed E-state index contributed by atoms with van der Waals surface area (Å²) in [4.78, 5) is 4.74. The number of fused-ring (bicyclic) bond motifs is 1. The molecule has 27 heavy (non-hydrogen) atoms. The number of hydrogen-bond acceptors (Lipinski definition) is 4. The Morgan fingerprint density at radius 2 is 2.04 bits per heavy atom. The standard InChI is InChI=1S/C19H31N5O2S/c1-13(2)24-11-15-3-4-17(9-18(15)23-24)22-19(21-16-5-6-16)20-10-14-7-8-27(25,26)12-14/h11,13-14,16-17H,3-10,12H2,1-2H3,(H2,20,21,22). The Labute approximate surface area is 161 Å². The van der Waals surface area contributed by atoms with Gasteiger partial charge >= 0.3 is 0 Å². The molecule has 0 bridgehead atoms. The third-order valence-corrected chi connectivity index (χ3v) is 7.56. The molecule has 1 saturated carbocycles. The van der Waals surface area contributed by atoms with Crippen molar-refractivity contribution in [2.75, 3.05) is 18.1 Å². The summed E-state index contributed by atoms with van der Waals surface area (Å²) in [6.07, 6.45) is 8.32. The molecule has 2 N–H and O–H groups in total. The summed E-state index contributed by atoms with van der Waals surface area (Å²) < 4.78 is 25.4. The number of guanidine groups is 1. The van der Waals surface area contributed by atoms with Gasteiger partial charge < -0.3 is 10.6 Å². The van der Waals surface area contributed by atoms with Crippen LogP contribution in [0.5, 0.6) is 0 Å². The van der Waals surface area contributed by atoms with Crippen LogP contribution >= 0.6 is 0 Å². The minimum Gasteiger partial charge on any atom is -0.354 e. The minimum atomic E-state index is -2.84. The highest BCUT2D eigenvalue weighted by Gasteiger charge is 2.29. The van der Waals surface area contributed by atoms with Crippen LogP contribution in [0.4, 0.5) is 0 Å². The minimum absolute atomic E-state index is 0.160. The lowest BCUT2D eigenvalue weighted by atomic mass is 9.94. The van der Waals surface area contributed by atoms with Crippen LogP contribution in [0, 0.1) is 5.92 Å². The molecule has 1 aliphatic heterocycles. The quantitative estimate of drug-likeness (QED) is 0.584. The molecule has 0 aromatic carbocycles. The predicted octanol–water partition coefficient (Wildman–Crippen LogP) is 1.45. The molecule has 2 unspecified atom stereocenters. The smallest absolute Gasteiger partial charge is 0.191 e. The molecule has 2 atom stereocenters. The van der Waals surface area contributed by atoms with E-state index < -0.39 is 9.84 Å². The van der Waals surface area contributed by atoms with Crippen LogP contribution in [0.3, 0.4) is 0 Å². The van der Waals surface area contributed by atoms with Crippen LogP contribution < -0.4 is 10.6 Å². The second kappa shape index (κ2) is 7.45. The number of aromatic nitrogens is 2. The fourth-order valence-electron chi connectivity index (χ4n) is 3.88. The van der Waals surface area contributed by atoms with Crippen molar-refractivity contribution in [2.24, 2.45) is 10.9 Å². The van der Waals surface area contributed by atoms with Crippen molar-refractivity contribution in [3.05, 3.63) is 17.5 Å². The summed E-state index contributed by atoms with van der Waals surface area (Å²) in [5, 5.41) is 11.8. The zero-order chi connectivity index (χ0) is 19.0. The van der Waals surface area contributed by atoms with Gasteiger partial charge in [0.05, 0.1) is 17.2 Å². The topological polar surface area (TPSA) is 88.4 Å². The van der Waals surface area contributed by atoms with Crippen LogP contribution in [0.2, 0.25) is 0 Å². The number of nitrogens with zero attached hydrogens (tertiary/aromatic N) is 3. The van der Waals surface area contributed by atoms with Gasteiger partial charge in [-0.05, 0) is 57.4 Å². The lowest BCUT2D eigenvalue weighted by molar-refractivity contribution is 0.497. The Morgan fingerprint density at radius 3 is 2.70 bits per heavy atom. The molecule has 4 rings (SSSR count). The molecule has 2 aliphatic carbocycles. The van der Waals surface area contributed by atoms with Crippen molar-refractivity contribution in [3.63, 3.8) is 0 Å². The van der Waals surface area contributed by atoms with Crippen molar-refractivity contribution in [2.45, 2.75) is 70.5 Å². The van der Waals surface area contributed by atoms with Gasteiger partial charge in [-0.3, -0.25) is 9.67 Å². The number of aryl methyl sites for hydroxylation is 1. The Morgan fingerprint density at radius 1 is 1.26 bits per heavy atom. The van der Waals surface area contributed by atoms with E-state index in [2.05, 4.69) is 35.4 Å². The van der Waals surface area contributed by atoms with E-state index in [1.54, 1.807) is 0 Å². The largest absolute Gasteiger partial charge is 0.354 e. The van der Waals surface area contributed by atoms with Crippen LogP contribution in [0.25, 0.3) is 0 Å². The maximum atomic E-state index is 11.7. The first-order valence-electron chi connectivity index (χ1n) is 10.2. The van der Waals surface area contributed by atoms with E-state index in [9.17, 15) is 8.42 Å². The van der Waals surface area contributed by atoms with E-state index in [1.807, 2.05) is 0 Å². The maximum absolute atomic E-state index is 11.7. The molecular formula is C19H31N5O2S. The summed E-state index contributed by atoms with van der Waals surface area (Å²) in [5.74, 6) is 1.61. The third kappa shape index (κ3) is 4.83. The average molecular weight is 394 g/mol. The summed E-state index contributed by atoms with van der Waals surface area (Å²) in [7, 11) is -2.84. The van der Waals surface area contributed by atoms with Crippen LogP contribution in [0.1, 0.15) is 56.8 Å². The Balaban J connectivity index is 1.38. The monoisotopic (exact) mass is 393 g/mol. The van der Waals surface area contributed by atoms with Gasteiger partial charge in [-0.2, -0.15) is 5.10 Å². The van der Waals surface area contributed by atoms with Crippen LogP contribution in [-0.4, -0.2) is 54.3 Å². The predicted molar refractivity (Wildman–Crippen MR) is 107 cm³/mol. The van der Waals surface area contributed by atoms with Crippen LogP contribution in [-0.2, 0) is 22.7 Å². The van der Waals surface area contributed by atoms with Gasteiger partial charge in [0.2, 0.25) is 0 Å². The summed E-state index contributed by atoms with van der Waals surface area (Å²) >= 11 is 0. The highest BCUT2D eigenvalue weighted by Crippen LogP contribution is 2.23. The number of rotatable bonds is 5. The molecule has 150 valence electrons. The van der Waals surface area contributed by atoms with Gasteiger partial charge in [0, 0.05) is 37.3 Å².